The maximum absolute atomic E-state index is 13.3. The molecule has 0 unspecified atom stereocenters. The fourth-order valence-electron chi connectivity index (χ4n) is 5.15. The van der Waals surface area contributed by atoms with Crippen molar-refractivity contribution in [3.63, 3.8) is 0 Å². The average molecular weight is 495 g/mol. The summed E-state index contributed by atoms with van der Waals surface area (Å²) in [6, 6.07) is 16.2. The van der Waals surface area contributed by atoms with Crippen LogP contribution in [0.4, 0.5) is 0 Å². The van der Waals surface area contributed by atoms with Crippen LogP contribution in [0.25, 0.3) is 0 Å². The summed E-state index contributed by atoms with van der Waals surface area (Å²) in [4.78, 5) is 17.6. The zero-order chi connectivity index (χ0) is 24.4. The minimum atomic E-state index is -0.0268. The van der Waals surface area contributed by atoms with E-state index in [2.05, 4.69) is 34.3 Å². The molecule has 8 heteroatoms. The summed E-state index contributed by atoms with van der Waals surface area (Å²) in [5, 5.41) is 5.05. The number of likely N-dealkylation sites (N-methyl/N-ethyl adjacent to an activating group) is 1. The number of carbonyl (C=O) groups is 1. The number of halogens is 1. The lowest BCUT2D eigenvalue weighted by atomic mass is 9.84. The summed E-state index contributed by atoms with van der Waals surface area (Å²) in [6.45, 7) is 2.92. The molecular formula is C27H31ClN4O3. The quantitative estimate of drug-likeness (QED) is 0.487. The highest BCUT2D eigenvalue weighted by Gasteiger charge is 2.33. The first kappa shape index (κ1) is 23.7. The number of piperidine rings is 1. The molecular weight excluding hydrogens is 464 g/mol. The van der Waals surface area contributed by atoms with Gasteiger partial charge < -0.3 is 14.4 Å². The first-order valence-corrected chi connectivity index (χ1v) is 12.5. The Bertz CT molecular complexity index is 1170. The zero-order valence-electron chi connectivity index (χ0n) is 20.2. The molecule has 1 amide bonds. The Kier molecular flexibility index (Phi) is 6.97. The van der Waals surface area contributed by atoms with Crippen molar-refractivity contribution in [3.05, 3.63) is 76.6 Å². The predicted octanol–water partition coefficient (Wildman–Crippen LogP) is 4.40. The van der Waals surface area contributed by atoms with Gasteiger partial charge in [-0.15, -0.1) is 0 Å². The molecule has 0 aliphatic carbocycles. The van der Waals surface area contributed by atoms with Crippen molar-refractivity contribution in [1.29, 1.82) is 0 Å². The topological polar surface area (TPSA) is 59.8 Å². The third-order valence-corrected chi connectivity index (χ3v) is 7.50. The number of ether oxygens (including phenoxy) is 2. The average Bonchev–Trinajstić information content (AvgIpc) is 3.51. The molecule has 7 nitrogen and oxygen atoms in total. The van der Waals surface area contributed by atoms with Crippen molar-refractivity contribution >= 4 is 17.5 Å². The number of hydrogen-bond donors (Lipinski definition) is 0. The van der Waals surface area contributed by atoms with E-state index in [9.17, 15) is 4.79 Å². The lowest BCUT2D eigenvalue weighted by Crippen LogP contribution is -2.47. The molecule has 1 saturated heterocycles. The van der Waals surface area contributed by atoms with Crippen molar-refractivity contribution in [1.82, 2.24) is 19.6 Å². The Labute approximate surface area is 211 Å². The predicted molar refractivity (Wildman–Crippen MR) is 135 cm³/mol. The lowest BCUT2D eigenvalue weighted by Gasteiger charge is -2.40. The van der Waals surface area contributed by atoms with Gasteiger partial charge in [0.25, 0.3) is 5.91 Å². The van der Waals surface area contributed by atoms with Crippen LogP contribution in [0.1, 0.15) is 34.5 Å². The number of likely N-dealkylation sites (tertiary alicyclic amines) is 1. The molecule has 0 bridgehead atoms. The van der Waals surface area contributed by atoms with Crippen LogP contribution in [0.5, 0.6) is 11.5 Å². The molecule has 1 fully saturated rings. The van der Waals surface area contributed by atoms with Gasteiger partial charge in [-0.3, -0.25) is 14.4 Å². The van der Waals surface area contributed by atoms with Crippen LogP contribution in [0, 0.1) is 5.92 Å². The summed E-state index contributed by atoms with van der Waals surface area (Å²) >= 11 is 6.52. The second-order valence-corrected chi connectivity index (χ2v) is 9.87. The van der Waals surface area contributed by atoms with Crippen LogP contribution in [0.3, 0.4) is 0 Å². The third-order valence-electron chi connectivity index (χ3n) is 7.15. The van der Waals surface area contributed by atoms with Crippen LogP contribution in [-0.2, 0) is 20.0 Å². The molecule has 0 radical (unpaired) electrons. The van der Waals surface area contributed by atoms with E-state index < -0.39 is 0 Å². The summed E-state index contributed by atoms with van der Waals surface area (Å²) in [6.07, 6.45) is 4.67. The summed E-state index contributed by atoms with van der Waals surface area (Å²) < 4.78 is 12.6. The molecule has 0 N–H and O–H groups in total. The smallest absolute Gasteiger partial charge is 0.274 e. The van der Waals surface area contributed by atoms with Gasteiger partial charge in [0.1, 0.15) is 5.69 Å². The van der Waals surface area contributed by atoms with Gasteiger partial charge in [-0.2, -0.15) is 5.10 Å². The standard InChI is InChI=1S/C27H31ClN4O3/c1-30-11-10-23(29-30)27(33)31(2)24(14-19-6-4-3-5-7-19)20-8-12-32(13-9-20)17-21-15-25-26(16-22(21)28)35-18-34-25/h3-7,10-11,15-16,20,24H,8-9,12-14,17-18H2,1-2H3/t24-/m1/s1. The van der Waals surface area contributed by atoms with E-state index in [1.165, 1.54) is 5.56 Å². The van der Waals surface area contributed by atoms with E-state index in [4.69, 9.17) is 21.1 Å². The molecule has 1 aromatic heterocycles. The Hall–Kier alpha value is -3.03. The second-order valence-electron chi connectivity index (χ2n) is 9.46. The largest absolute Gasteiger partial charge is 0.454 e. The van der Waals surface area contributed by atoms with E-state index in [0.29, 0.717) is 22.4 Å². The molecule has 0 saturated carbocycles. The summed E-state index contributed by atoms with van der Waals surface area (Å²) in [7, 11) is 3.75. The van der Waals surface area contributed by atoms with Crippen molar-refractivity contribution in [3.8, 4) is 11.5 Å². The molecule has 35 heavy (non-hydrogen) atoms. The van der Waals surface area contributed by atoms with Gasteiger partial charge in [0.2, 0.25) is 6.79 Å². The second kappa shape index (κ2) is 10.3. The van der Waals surface area contributed by atoms with Crippen molar-refractivity contribution < 1.29 is 14.3 Å². The van der Waals surface area contributed by atoms with Crippen molar-refractivity contribution in [2.75, 3.05) is 26.9 Å². The number of nitrogens with zero attached hydrogens (tertiary/aromatic N) is 4. The Morgan fingerprint density at radius 2 is 1.86 bits per heavy atom. The minimum absolute atomic E-state index is 0.0268. The monoisotopic (exact) mass is 494 g/mol. The number of benzene rings is 2. The third kappa shape index (κ3) is 5.31. The molecule has 3 heterocycles. The fourth-order valence-corrected chi connectivity index (χ4v) is 5.37. The Morgan fingerprint density at radius 1 is 1.14 bits per heavy atom. The van der Waals surface area contributed by atoms with Gasteiger partial charge in [-0.05, 0) is 61.5 Å². The van der Waals surface area contributed by atoms with Crippen LogP contribution in [0.2, 0.25) is 5.02 Å². The number of amides is 1. The number of aromatic nitrogens is 2. The molecule has 2 aliphatic heterocycles. The number of carbonyl (C=O) groups excluding carboxylic acids is 1. The molecule has 0 spiro atoms. The zero-order valence-corrected chi connectivity index (χ0v) is 20.9. The van der Waals surface area contributed by atoms with E-state index in [1.54, 1.807) is 10.7 Å². The fraction of sp³-hybridized carbons (Fsp3) is 0.407. The molecule has 3 aromatic rings. The highest BCUT2D eigenvalue weighted by atomic mass is 35.5. The van der Waals surface area contributed by atoms with Crippen molar-refractivity contribution in [2.24, 2.45) is 13.0 Å². The molecule has 184 valence electrons. The van der Waals surface area contributed by atoms with E-state index in [1.807, 2.05) is 43.4 Å². The highest BCUT2D eigenvalue weighted by Crippen LogP contribution is 2.37. The summed E-state index contributed by atoms with van der Waals surface area (Å²) in [5.74, 6) is 1.84. The first-order valence-electron chi connectivity index (χ1n) is 12.1. The number of fused-ring (bicyclic) bond motifs is 1. The van der Waals surface area contributed by atoms with Gasteiger partial charge in [0.05, 0.1) is 0 Å². The maximum atomic E-state index is 13.3. The van der Waals surface area contributed by atoms with Gasteiger partial charge in [0, 0.05) is 44.0 Å². The first-order chi connectivity index (χ1) is 17.0. The lowest BCUT2D eigenvalue weighted by molar-refractivity contribution is 0.0579. The molecule has 2 aliphatic rings. The summed E-state index contributed by atoms with van der Waals surface area (Å²) in [5.41, 5.74) is 2.79. The van der Waals surface area contributed by atoms with E-state index in [-0.39, 0.29) is 18.7 Å². The normalized spacial score (nSPS) is 16.9. The number of rotatable bonds is 7. The van der Waals surface area contributed by atoms with Gasteiger partial charge in [-0.1, -0.05) is 41.9 Å². The minimum Gasteiger partial charge on any atom is -0.454 e. The van der Waals surface area contributed by atoms with Crippen molar-refractivity contribution in [2.45, 2.75) is 31.8 Å². The maximum Gasteiger partial charge on any atom is 0.274 e. The SMILES string of the molecule is CN(C(=O)c1ccn(C)n1)[C@H](Cc1ccccc1)C1CCN(Cc2cc3c(cc2Cl)OCO3)CC1. The van der Waals surface area contributed by atoms with Crippen LogP contribution >= 0.6 is 11.6 Å². The van der Waals surface area contributed by atoms with Gasteiger partial charge in [-0.25, -0.2) is 0 Å². The van der Waals surface area contributed by atoms with E-state index >= 15 is 0 Å². The Balaban J connectivity index is 1.28. The number of hydrogen-bond acceptors (Lipinski definition) is 5. The van der Waals surface area contributed by atoms with Crippen LogP contribution < -0.4 is 9.47 Å². The molecule has 1 atom stereocenters. The van der Waals surface area contributed by atoms with Crippen LogP contribution in [0.15, 0.2) is 54.7 Å². The molecule has 5 rings (SSSR count). The van der Waals surface area contributed by atoms with Gasteiger partial charge >= 0.3 is 0 Å². The molecule has 2 aromatic carbocycles. The van der Waals surface area contributed by atoms with Crippen LogP contribution in [-0.4, -0.2) is 58.5 Å². The number of aryl methyl sites for hydroxylation is 1. The van der Waals surface area contributed by atoms with Gasteiger partial charge in [0.15, 0.2) is 11.5 Å². The van der Waals surface area contributed by atoms with E-state index in [0.717, 1.165) is 50.2 Å². The highest BCUT2D eigenvalue weighted by molar-refractivity contribution is 6.31. The Morgan fingerprint density at radius 3 is 2.54 bits per heavy atom.